The summed E-state index contributed by atoms with van der Waals surface area (Å²) in [7, 11) is 5.86. The highest BCUT2D eigenvalue weighted by Gasteiger charge is 2.22. The lowest BCUT2D eigenvalue weighted by Crippen LogP contribution is -2.41. The summed E-state index contributed by atoms with van der Waals surface area (Å²) in [5.41, 5.74) is 1.14. The molecule has 6 heteroatoms. The fraction of sp³-hybridized carbons (Fsp3) is 0.476. The summed E-state index contributed by atoms with van der Waals surface area (Å²) in [6, 6.07) is 12.2. The predicted octanol–water partition coefficient (Wildman–Crippen LogP) is 3.04. The molecule has 2 N–H and O–H groups in total. The van der Waals surface area contributed by atoms with Crippen LogP contribution in [0.15, 0.2) is 52.1 Å². The van der Waals surface area contributed by atoms with Gasteiger partial charge in [0.1, 0.15) is 11.5 Å². The highest BCUT2D eigenvalue weighted by Crippen LogP contribution is 2.30. The van der Waals surface area contributed by atoms with E-state index in [-0.39, 0.29) is 6.04 Å². The van der Waals surface area contributed by atoms with Crippen molar-refractivity contribution < 1.29 is 9.15 Å². The third-order valence-corrected chi connectivity index (χ3v) is 4.77. The Hall–Kier alpha value is -2.47. The minimum atomic E-state index is 0.132. The molecular formula is C21H30N4O2. The number of likely N-dealkylation sites (N-methyl/N-ethyl adjacent to an activating group) is 1. The van der Waals surface area contributed by atoms with Gasteiger partial charge in [-0.15, -0.1) is 0 Å². The first-order valence-electron chi connectivity index (χ1n) is 9.52. The third kappa shape index (κ3) is 5.76. The van der Waals surface area contributed by atoms with Crippen molar-refractivity contribution in [3.8, 4) is 5.75 Å². The minimum Gasteiger partial charge on any atom is -0.493 e. The van der Waals surface area contributed by atoms with E-state index in [0.717, 1.165) is 35.6 Å². The zero-order valence-electron chi connectivity index (χ0n) is 16.4. The number of ether oxygens (including phenoxy) is 1. The first kappa shape index (κ1) is 19.3. The van der Waals surface area contributed by atoms with E-state index < -0.39 is 0 Å². The second kappa shape index (κ2) is 9.46. The molecule has 1 fully saturated rings. The zero-order chi connectivity index (χ0) is 19.1. The Morgan fingerprint density at radius 3 is 2.70 bits per heavy atom. The molecule has 6 nitrogen and oxygen atoms in total. The van der Waals surface area contributed by atoms with Crippen molar-refractivity contribution in [1.29, 1.82) is 0 Å². The molecule has 0 aliphatic heterocycles. The summed E-state index contributed by atoms with van der Waals surface area (Å²) in [6.45, 7) is 2.17. The second-order valence-electron chi connectivity index (χ2n) is 7.16. The fourth-order valence-corrected chi connectivity index (χ4v) is 2.89. The quantitative estimate of drug-likeness (QED) is 0.525. The first-order valence-corrected chi connectivity index (χ1v) is 9.52. The van der Waals surface area contributed by atoms with Crippen LogP contribution < -0.4 is 15.4 Å². The van der Waals surface area contributed by atoms with Crippen molar-refractivity contribution in [3.63, 3.8) is 0 Å². The summed E-state index contributed by atoms with van der Waals surface area (Å²) < 4.78 is 11.5. The molecule has 27 heavy (non-hydrogen) atoms. The lowest BCUT2D eigenvalue weighted by atomic mass is 10.2. The van der Waals surface area contributed by atoms with Crippen molar-refractivity contribution in [2.75, 3.05) is 34.3 Å². The molecule has 146 valence electrons. The van der Waals surface area contributed by atoms with E-state index in [0.29, 0.717) is 13.1 Å². The van der Waals surface area contributed by atoms with E-state index in [9.17, 15) is 0 Å². The molecule has 1 unspecified atom stereocenters. The van der Waals surface area contributed by atoms with Gasteiger partial charge in [-0.05, 0) is 51.1 Å². The van der Waals surface area contributed by atoms with E-state index in [1.807, 2.05) is 44.4 Å². The van der Waals surface area contributed by atoms with Gasteiger partial charge in [0.2, 0.25) is 0 Å². The number of benzene rings is 1. The third-order valence-electron chi connectivity index (χ3n) is 4.77. The summed E-state index contributed by atoms with van der Waals surface area (Å²) >= 11 is 0. The lowest BCUT2D eigenvalue weighted by Gasteiger charge is -2.24. The van der Waals surface area contributed by atoms with Crippen LogP contribution in [-0.2, 0) is 6.54 Å². The topological polar surface area (TPSA) is 62.0 Å². The van der Waals surface area contributed by atoms with Crippen molar-refractivity contribution in [3.05, 3.63) is 54.0 Å². The average Bonchev–Trinajstić information content (AvgIpc) is 3.35. The maximum Gasteiger partial charge on any atom is 0.191 e. The number of para-hydroxylation sites is 1. The van der Waals surface area contributed by atoms with Crippen LogP contribution >= 0.6 is 0 Å². The molecular weight excluding hydrogens is 340 g/mol. The van der Waals surface area contributed by atoms with E-state index in [1.54, 1.807) is 13.3 Å². The largest absolute Gasteiger partial charge is 0.493 e. The van der Waals surface area contributed by atoms with E-state index in [1.165, 1.54) is 12.8 Å². The van der Waals surface area contributed by atoms with Crippen LogP contribution in [0.5, 0.6) is 5.75 Å². The number of rotatable bonds is 9. The molecule has 1 aliphatic rings. The molecule has 2 aromatic rings. The van der Waals surface area contributed by atoms with Crippen molar-refractivity contribution >= 4 is 5.96 Å². The van der Waals surface area contributed by atoms with Gasteiger partial charge in [-0.1, -0.05) is 18.2 Å². The summed E-state index contributed by atoms with van der Waals surface area (Å²) in [6.07, 6.45) is 4.29. The number of furan rings is 1. The van der Waals surface area contributed by atoms with Gasteiger partial charge in [-0.2, -0.15) is 0 Å². The smallest absolute Gasteiger partial charge is 0.191 e. The molecule has 1 atom stereocenters. The van der Waals surface area contributed by atoms with Gasteiger partial charge in [-0.25, -0.2) is 0 Å². The van der Waals surface area contributed by atoms with Crippen molar-refractivity contribution in [2.24, 2.45) is 10.9 Å². The van der Waals surface area contributed by atoms with Gasteiger partial charge in [0.15, 0.2) is 5.96 Å². The number of hydrogen-bond acceptors (Lipinski definition) is 4. The van der Waals surface area contributed by atoms with Crippen LogP contribution in [0, 0.1) is 5.92 Å². The first-order chi connectivity index (χ1) is 13.2. The van der Waals surface area contributed by atoms with Crippen LogP contribution in [0.3, 0.4) is 0 Å². The Labute approximate surface area is 161 Å². The molecule has 1 saturated carbocycles. The van der Waals surface area contributed by atoms with E-state index >= 15 is 0 Å². The molecule has 0 amide bonds. The number of nitrogens with one attached hydrogen (secondary N) is 2. The highest BCUT2D eigenvalue weighted by atomic mass is 16.5. The Morgan fingerprint density at radius 2 is 2.04 bits per heavy atom. The van der Waals surface area contributed by atoms with Crippen molar-refractivity contribution in [2.45, 2.75) is 25.4 Å². The van der Waals surface area contributed by atoms with Crippen molar-refractivity contribution in [1.82, 2.24) is 15.5 Å². The Bertz CT molecular complexity index is 724. The van der Waals surface area contributed by atoms with Gasteiger partial charge in [-0.3, -0.25) is 9.89 Å². The maximum absolute atomic E-state index is 5.99. The summed E-state index contributed by atoms with van der Waals surface area (Å²) in [4.78, 5) is 6.46. The summed E-state index contributed by atoms with van der Waals surface area (Å²) in [5, 5.41) is 6.76. The molecule has 0 bridgehead atoms. The number of guanidine groups is 1. The second-order valence-corrected chi connectivity index (χ2v) is 7.16. The molecule has 3 rings (SSSR count). The maximum atomic E-state index is 5.99. The monoisotopic (exact) mass is 370 g/mol. The standard InChI is InChI=1S/C21H30N4O2/c1-22-21(24-14-18(25(2)3)20-9-6-12-26-20)23-13-17-7-4-5-8-19(17)27-15-16-10-11-16/h4-9,12,16,18H,10-11,13-15H2,1-3H3,(H2,22,23,24). The van der Waals surface area contributed by atoms with Crippen LogP contribution in [0.2, 0.25) is 0 Å². The van der Waals surface area contributed by atoms with Crippen LogP contribution in [0.4, 0.5) is 0 Å². The molecule has 1 aliphatic carbocycles. The van der Waals surface area contributed by atoms with E-state index in [2.05, 4.69) is 26.6 Å². The number of nitrogens with zero attached hydrogens (tertiary/aromatic N) is 2. The normalized spacial score (nSPS) is 15.6. The predicted molar refractivity (Wildman–Crippen MR) is 108 cm³/mol. The van der Waals surface area contributed by atoms with Gasteiger partial charge in [0, 0.05) is 25.7 Å². The summed E-state index contributed by atoms with van der Waals surface area (Å²) in [5.74, 6) is 3.38. The molecule has 1 aromatic heterocycles. The zero-order valence-corrected chi connectivity index (χ0v) is 16.4. The lowest BCUT2D eigenvalue weighted by molar-refractivity contribution is 0.258. The van der Waals surface area contributed by atoms with Gasteiger partial charge in [0.05, 0.1) is 18.9 Å². The fourth-order valence-electron chi connectivity index (χ4n) is 2.89. The molecule has 0 spiro atoms. The molecule has 0 saturated heterocycles. The SMILES string of the molecule is CN=C(NCc1ccccc1OCC1CC1)NCC(c1ccco1)N(C)C. The number of hydrogen-bond donors (Lipinski definition) is 2. The van der Waals surface area contributed by atoms with Crippen LogP contribution in [-0.4, -0.2) is 45.2 Å². The molecule has 0 radical (unpaired) electrons. The van der Waals surface area contributed by atoms with E-state index in [4.69, 9.17) is 9.15 Å². The Kier molecular flexibility index (Phi) is 6.76. The molecule has 1 heterocycles. The Balaban J connectivity index is 1.53. The van der Waals surface area contributed by atoms with Crippen LogP contribution in [0.25, 0.3) is 0 Å². The minimum absolute atomic E-state index is 0.132. The molecule has 1 aromatic carbocycles. The number of aliphatic imine (C=N–C) groups is 1. The highest BCUT2D eigenvalue weighted by molar-refractivity contribution is 5.79. The van der Waals surface area contributed by atoms with Gasteiger partial charge >= 0.3 is 0 Å². The average molecular weight is 370 g/mol. The van der Waals surface area contributed by atoms with Gasteiger partial charge < -0.3 is 19.8 Å². The van der Waals surface area contributed by atoms with Gasteiger partial charge in [0.25, 0.3) is 0 Å². The Morgan fingerprint density at radius 1 is 1.22 bits per heavy atom. The van der Waals surface area contributed by atoms with Crippen LogP contribution in [0.1, 0.15) is 30.2 Å².